The Morgan fingerprint density at radius 1 is 1.15 bits per heavy atom. The number of anilines is 1. The predicted octanol–water partition coefficient (Wildman–Crippen LogP) is 2.43. The SMILES string of the molecule is Cc1ccccc1-c1nc(N)cc(-c2cnn(C)c2)n1. The molecule has 0 bridgehead atoms. The van der Waals surface area contributed by atoms with Gasteiger partial charge in [-0.25, -0.2) is 9.97 Å². The van der Waals surface area contributed by atoms with Crippen LogP contribution in [0, 0.1) is 6.92 Å². The van der Waals surface area contributed by atoms with Gasteiger partial charge < -0.3 is 5.73 Å². The fourth-order valence-electron chi connectivity index (χ4n) is 2.11. The number of benzene rings is 1. The number of hydrogen-bond acceptors (Lipinski definition) is 4. The molecule has 2 heterocycles. The quantitative estimate of drug-likeness (QED) is 0.772. The first-order valence-electron chi connectivity index (χ1n) is 6.33. The summed E-state index contributed by atoms with van der Waals surface area (Å²) in [5, 5.41) is 4.16. The summed E-state index contributed by atoms with van der Waals surface area (Å²) >= 11 is 0. The van der Waals surface area contributed by atoms with Gasteiger partial charge in [-0.2, -0.15) is 5.10 Å². The summed E-state index contributed by atoms with van der Waals surface area (Å²) in [6, 6.07) is 9.76. The third-order valence-electron chi connectivity index (χ3n) is 3.13. The van der Waals surface area contributed by atoms with Crippen LogP contribution < -0.4 is 5.73 Å². The summed E-state index contributed by atoms with van der Waals surface area (Å²) in [5.74, 6) is 1.10. The topological polar surface area (TPSA) is 69.6 Å². The van der Waals surface area contributed by atoms with Crippen LogP contribution in [-0.4, -0.2) is 19.7 Å². The normalized spacial score (nSPS) is 10.7. The van der Waals surface area contributed by atoms with Crippen LogP contribution in [0.5, 0.6) is 0 Å². The third-order valence-corrected chi connectivity index (χ3v) is 3.13. The summed E-state index contributed by atoms with van der Waals surface area (Å²) in [7, 11) is 1.87. The van der Waals surface area contributed by atoms with E-state index in [1.165, 1.54) is 0 Å². The van der Waals surface area contributed by atoms with Gasteiger partial charge in [0.15, 0.2) is 5.82 Å². The molecule has 2 aromatic heterocycles. The molecule has 2 N–H and O–H groups in total. The number of nitrogen functional groups attached to an aromatic ring is 1. The fraction of sp³-hybridized carbons (Fsp3) is 0.133. The van der Waals surface area contributed by atoms with E-state index in [1.54, 1.807) is 16.9 Å². The smallest absolute Gasteiger partial charge is 0.162 e. The molecule has 0 unspecified atom stereocenters. The largest absolute Gasteiger partial charge is 0.384 e. The van der Waals surface area contributed by atoms with Crippen molar-refractivity contribution >= 4 is 5.82 Å². The Balaban J connectivity index is 2.14. The molecule has 20 heavy (non-hydrogen) atoms. The molecule has 0 spiro atoms. The molecule has 0 saturated carbocycles. The molecule has 0 amide bonds. The Morgan fingerprint density at radius 2 is 1.95 bits per heavy atom. The molecule has 3 rings (SSSR count). The van der Waals surface area contributed by atoms with Crippen molar-refractivity contribution < 1.29 is 0 Å². The monoisotopic (exact) mass is 265 g/mol. The lowest BCUT2D eigenvalue weighted by Crippen LogP contribution is -1.98. The standard InChI is InChI=1S/C15H15N5/c1-10-5-3-4-6-12(10)15-18-13(7-14(16)19-15)11-8-17-20(2)9-11/h3-9H,1-2H3,(H2,16,18,19). The number of aromatic nitrogens is 4. The second kappa shape index (κ2) is 4.77. The number of nitrogens with zero attached hydrogens (tertiary/aromatic N) is 4. The van der Waals surface area contributed by atoms with Gasteiger partial charge in [-0.1, -0.05) is 24.3 Å². The number of aryl methyl sites for hydroxylation is 2. The van der Waals surface area contributed by atoms with Crippen LogP contribution in [0.2, 0.25) is 0 Å². The van der Waals surface area contributed by atoms with Crippen molar-refractivity contribution in [2.45, 2.75) is 6.92 Å². The van der Waals surface area contributed by atoms with Crippen LogP contribution in [0.4, 0.5) is 5.82 Å². The van der Waals surface area contributed by atoms with E-state index in [9.17, 15) is 0 Å². The molecule has 0 atom stereocenters. The van der Waals surface area contributed by atoms with E-state index < -0.39 is 0 Å². The minimum atomic E-state index is 0.456. The maximum Gasteiger partial charge on any atom is 0.162 e. The van der Waals surface area contributed by atoms with Crippen LogP contribution in [0.1, 0.15) is 5.56 Å². The van der Waals surface area contributed by atoms with Crippen molar-refractivity contribution in [3.05, 3.63) is 48.3 Å². The first kappa shape index (κ1) is 12.3. The van der Waals surface area contributed by atoms with Crippen LogP contribution >= 0.6 is 0 Å². The molecular weight excluding hydrogens is 250 g/mol. The fourth-order valence-corrected chi connectivity index (χ4v) is 2.11. The lowest BCUT2D eigenvalue weighted by molar-refractivity contribution is 0.768. The van der Waals surface area contributed by atoms with Crippen LogP contribution in [0.3, 0.4) is 0 Å². The predicted molar refractivity (Wildman–Crippen MR) is 78.8 cm³/mol. The lowest BCUT2D eigenvalue weighted by atomic mass is 10.1. The molecule has 0 fully saturated rings. The summed E-state index contributed by atoms with van der Waals surface area (Å²) in [4.78, 5) is 8.94. The molecule has 5 heteroatoms. The Labute approximate surface area is 117 Å². The third kappa shape index (κ3) is 2.25. The molecule has 0 saturated heterocycles. The Morgan fingerprint density at radius 3 is 2.65 bits per heavy atom. The molecule has 0 aliphatic rings. The van der Waals surface area contributed by atoms with Crippen LogP contribution in [0.25, 0.3) is 22.6 Å². The molecule has 0 radical (unpaired) electrons. The molecule has 0 aliphatic carbocycles. The zero-order valence-electron chi connectivity index (χ0n) is 11.4. The molecule has 0 aliphatic heterocycles. The second-order valence-electron chi connectivity index (χ2n) is 4.72. The number of rotatable bonds is 2. The molecule has 100 valence electrons. The van der Waals surface area contributed by atoms with Crippen molar-refractivity contribution in [3.63, 3.8) is 0 Å². The van der Waals surface area contributed by atoms with E-state index in [0.717, 1.165) is 22.4 Å². The van der Waals surface area contributed by atoms with E-state index in [4.69, 9.17) is 5.73 Å². The van der Waals surface area contributed by atoms with E-state index in [2.05, 4.69) is 15.1 Å². The molecular formula is C15H15N5. The average molecular weight is 265 g/mol. The van der Waals surface area contributed by atoms with Crippen molar-refractivity contribution in [1.29, 1.82) is 0 Å². The minimum absolute atomic E-state index is 0.456. The number of nitrogens with two attached hydrogens (primary N) is 1. The van der Waals surface area contributed by atoms with Crippen LogP contribution in [-0.2, 0) is 7.05 Å². The minimum Gasteiger partial charge on any atom is -0.384 e. The zero-order chi connectivity index (χ0) is 14.1. The first-order valence-corrected chi connectivity index (χ1v) is 6.33. The highest BCUT2D eigenvalue weighted by molar-refractivity contribution is 5.67. The van der Waals surface area contributed by atoms with E-state index in [-0.39, 0.29) is 0 Å². The van der Waals surface area contributed by atoms with Gasteiger partial charge in [0, 0.05) is 30.4 Å². The highest BCUT2D eigenvalue weighted by atomic mass is 15.2. The van der Waals surface area contributed by atoms with Gasteiger partial charge in [-0.15, -0.1) is 0 Å². The van der Waals surface area contributed by atoms with E-state index in [1.807, 2.05) is 44.4 Å². The van der Waals surface area contributed by atoms with Gasteiger partial charge in [-0.05, 0) is 12.5 Å². The van der Waals surface area contributed by atoms with Crippen molar-refractivity contribution in [2.24, 2.45) is 7.05 Å². The van der Waals surface area contributed by atoms with Crippen LogP contribution in [0.15, 0.2) is 42.7 Å². The van der Waals surface area contributed by atoms with Crippen molar-refractivity contribution in [1.82, 2.24) is 19.7 Å². The summed E-state index contributed by atoms with van der Waals surface area (Å²) in [5.41, 5.74) is 9.73. The first-order chi connectivity index (χ1) is 9.63. The van der Waals surface area contributed by atoms with Gasteiger partial charge in [0.05, 0.1) is 11.9 Å². The average Bonchev–Trinajstić information content (AvgIpc) is 2.85. The number of hydrogen-bond donors (Lipinski definition) is 1. The lowest BCUT2D eigenvalue weighted by Gasteiger charge is -2.07. The summed E-state index contributed by atoms with van der Waals surface area (Å²) in [6.07, 6.45) is 3.67. The highest BCUT2D eigenvalue weighted by Crippen LogP contribution is 2.24. The molecule has 5 nitrogen and oxygen atoms in total. The Bertz CT molecular complexity index is 760. The Hall–Kier alpha value is -2.69. The van der Waals surface area contributed by atoms with E-state index in [0.29, 0.717) is 11.6 Å². The molecule has 1 aromatic carbocycles. The van der Waals surface area contributed by atoms with Gasteiger partial charge in [-0.3, -0.25) is 4.68 Å². The Kier molecular flexibility index (Phi) is 2.95. The van der Waals surface area contributed by atoms with Gasteiger partial charge in [0.25, 0.3) is 0 Å². The highest BCUT2D eigenvalue weighted by Gasteiger charge is 2.10. The van der Waals surface area contributed by atoms with Gasteiger partial charge in [0.2, 0.25) is 0 Å². The maximum atomic E-state index is 5.91. The summed E-state index contributed by atoms with van der Waals surface area (Å²) in [6.45, 7) is 2.03. The van der Waals surface area contributed by atoms with Crippen molar-refractivity contribution in [3.8, 4) is 22.6 Å². The molecule has 3 aromatic rings. The zero-order valence-corrected chi connectivity index (χ0v) is 11.4. The summed E-state index contributed by atoms with van der Waals surface area (Å²) < 4.78 is 1.74. The van der Waals surface area contributed by atoms with E-state index >= 15 is 0 Å². The van der Waals surface area contributed by atoms with Gasteiger partial charge in [0.1, 0.15) is 5.82 Å². The maximum absolute atomic E-state index is 5.91. The second-order valence-corrected chi connectivity index (χ2v) is 4.72. The van der Waals surface area contributed by atoms with Gasteiger partial charge >= 0.3 is 0 Å². The van der Waals surface area contributed by atoms with Crippen molar-refractivity contribution in [2.75, 3.05) is 5.73 Å².